The summed E-state index contributed by atoms with van der Waals surface area (Å²) < 4.78 is 43.2. The summed E-state index contributed by atoms with van der Waals surface area (Å²) in [5.74, 6) is -0.523. The van der Waals surface area contributed by atoms with Gasteiger partial charge in [-0.2, -0.15) is 13.2 Å². The van der Waals surface area contributed by atoms with Gasteiger partial charge in [0.2, 0.25) is 0 Å². The van der Waals surface area contributed by atoms with Gasteiger partial charge in [-0.1, -0.05) is 17.7 Å². The lowest BCUT2D eigenvalue weighted by atomic mass is 9.93. The maximum Gasteiger partial charge on any atom is 0.418 e. The van der Waals surface area contributed by atoms with Crippen LogP contribution >= 0.6 is 11.6 Å². The van der Waals surface area contributed by atoms with Crippen molar-refractivity contribution in [3.63, 3.8) is 0 Å². The van der Waals surface area contributed by atoms with Crippen LogP contribution in [0.2, 0.25) is 5.02 Å². The molecule has 0 aliphatic carbocycles. The molecule has 7 heteroatoms. The number of para-hydroxylation sites is 1. The van der Waals surface area contributed by atoms with E-state index in [1.807, 2.05) is 0 Å². The molecule has 0 aliphatic rings. The number of hydrogen-bond donors (Lipinski definition) is 1. The maximum atomic E-state index is 12.9. The van der Waals surface area contributed by atoms with Gasteiger partial charge in [0.05, 0.1) is 28.8 Å². The molecule has 0 saturated carbocycles. The summed E-state index contributed by atoms with van der Waals surface area (Å²) in [6, 6.07) is 3.51. The first kappa shape index (κ1) is 16.6. The second-order valence-electron chi connectivity index (χ2n) is 4.89. The largest absolute Gasteiger partial charge is 0.469 e. The average molecular weight is 310 g/mol. The van der Waals surface area contributed by atoms with Crippen LogP contribution in [-0.2, 0) is 15.7 Å². The van der Waals surface area contributed by atoms with Gasteiger partial charge in [-0.25, -0.2) is 0 Å². The van der Waals surface area contributed by atoms with Gasteiger partial charge in [0.1, 0.15) is 0 Å². The highest BCUT2D eigenvalue weighted by Crippen LogP contribution is 2.38. The molecule has 0 heterocycles. The highest BCUT2D eigenvalue weighted by molar-refractivity contribution is 6.33. The SMILES string of the molecule is COC(=O)C(C)(C)CNc1c(Cl)cccc1C(F)(F)F. The lowest BCUT2D eigenvalue weighted by Crippen LogP contribution is -2.33. The number of hydrogen-bond acceptors (Lipinski definition) is 3. The third kappa shape index (κ3) is 3.79. The van der Waals surface area contributed by atoms with Gasteiger partial charge >= 0.3 is 12.1 Å². The molecule has 0 aromatic heterocycles. The van der Waals surface area contributed by atoms with Gasteiger partial charge in [-0.15, -0.1) is 0 Å². The van der Waals surface area contributed by atoms with Crippen molar-refractivity contribution in [1.29, 1.82) is 0 Å². The van der Waals surface area contributed by atoms with Gasteiger partial charge in [0.25, 0.3) is 0 Å². The molecule has 3 nitrogen and oxygen atoms in total. The van der Waals surface area contributed by atoms with E-state index in [1.165, 1.54) is 19.2 Å². The fourth-order valence-corrected chi connectivity index (χ4v) is 1.84. The van der Waals surface area contributed by atoms with Crippen LogP contribution in [0.5, 0.6) is 0 Å². The number of esters is 1. The number of carbonyl (C=O) groups is 1. The van der Waals surface area contributed by atoms with Gasteiger partial charge in [-0.3, -0.25) is 4.79 Å². The Balaban J connectivity index is 3.02. The molecule has 1 N–H and O–H groups in total. The normalized spacial score (nSPS) is 12.2. The average Bonchev–Trinajstić information content (AvgIpc) is 2.34. The van der Waals surface area contributed by atoms with Gasteiger partial charge in [-0.05, 0) is 26.0 Å². The summed E-state index contributed by atoms with van der Waals surface area (Å²) in [7, 11) is 1.22. The molecule has 0 unspecified atom stereocenters. The topological polar surface area (TPSA) is 38.3 Å². The first-order chi connectivity index (χ1) is 9.09. The van der Waals surface area contributed by atoms with Gasteiger partial charge < -0.3 is 10.1 Å². The zero-order valence-electron chi connectivity index (χ0n) is 11.3. The smallest absolute Gasteiger partial charge is 0.418 e. The van der Waals surface area contributed by atoms with Crippen LogP contribution in [-0.4, -0.2) is 19.6 Å². The van der Waals surface area contributed by atoms with E-state index < -0.39 is 23.1 Å². The number of methoxy groups -OCH3 is 1. The van der Waals surface area contributed by atoms with E-state index in [2.05, 4.69) is 10.1 Å². The van der Waals surface area contributed by atoms with E-state index in [4.69, 9.17) is 11.6 Å². The number of nitrogens with one attached hydrogen (secondary N) is 1. The van der Waals surface area contributed by atoms with Crippen molar-refractivity contribution in [1.82, 2.24) is 0 Å². The molecule has 0 spiro atoms. The lowest BCUT2D eigenvalue weighted by molar-refractivity contribution is -0.149. The summed E-state index contributed by atoms with van der Waals surface area (Å²) in [6.07, 6.45) is -4.53. The van der Waals surface area contributed by atoms with Crippen LogP contribution in [0.1, 0.15) is 19.4 Å². The predicted molar refractivity (Wildman–Crippen MR) is 70.7 cm³/mol. The lowest BCUT2D eigenvalue weighted by Gasteiger charge is -2.24. The van der Waals surface area contributed by atoms with Crippen molar-refractivity contribution in [2.75, 3.05) is 19.0 Å². The second kappa shape index (κ2) is 5.91. The molecule has 112 valence electrons. The Morgan fingerprint density at radius 3 is 2.45 bits per heavy atom. The Kier molecular flexibility index (Phi) is 4.91. The molecule has 1 rings (SSSR count). The van der Waals surface area contributed by atoms with E-state index in [0.717, 1.165) is 6.07 Å². The molecule has 0 atom stereocenters. The summed E-state index contributed by atoms with van der Waals surface area (Å²) in [4.78, 5) is 11.5. The van der Waals surface area contributed by atoms with Crippen LogP contribution in [0, 0.1) is 5.41 Å². The monoisotopic (exact) mass is 309 g/mol. The zero-order valence-corrected chi connectivity index (χ0v) is 12.0. The van der Waals surface area contributed by atoms with Crippen LogP contribution in [0.25, 0.3) is 0 Å². The number of alkyl halides is 3. The molecule has 0 saturated heterocycles. The number of rotatable bonds is 4. The third-order valence-electron chi connectivity index (χ3n) is 2.76. The van der Waals surface area contributed by atoms with Crippen LogP contribution in [0.4, 0.5) is 18.9 Å². The first-order valence-corrected chi connectivity index (χ1v) is 6.15. The Bertz CT molecular complexity index is 501. The number of carbonyl (C=O) groups excluding carboxylic acids is 1. The maximum absolute atomic E-state index is 12.9. The molecule has 0 bridgehead atoms. The number of ether oxygens (including phenoxy) is 1. The van der Waals surface area contributed by atoms with Crippen molar-refractivity contribution in [3.05, 3.63) is 28.8 Å². The van der Waals surface area contributed by atoms with Crippen molar-refractivity contribution in [2.24, 2.45) is 5.41 Å². The number of halogens is 4. The van der Waals surface area contributed by atoms with Crippen molar-refractivity contribution in [3.8, 4) is 0 Å². The Morgan fingerprint density at radius 1 is 1.35 bits per heavy atom. The Morgan fingerprint density at radius 2 is 1.95 bits per heavy atom. The van der Waals surface area contributed by atoms with Crippen molar-refractivity contribution < 1.29 is 22.7 Å². The summed E-state index contributed by atoms with van der Waals surface area (Å²) >= 11 is 5.80. The molecule has 1 aromatic carbocycles. The molecule has 0 amide bonds. The van der Waals surface area contributed by atoms with E-state index >= 15 is 0 Å². The number of benzene rings is 1. The molecule has 0 radical (unpaired) electrons. The first-order valence-electron chi connectivity index (χ1n) is 5.77. The minimum absolute atomic E-state index is 0.0352. The molecule has 0 fully saturated rings. The van der Waals surface area contributed by atoms with E-state index in [-0.39, 0.29) is 17.3 Å². The summed E-state index contributed by atoms with van der Waals surface area (Å²) in [5, 5.41) is 2.54. The quantitative estimate of drug-likeness (QED) is 0.855. The molecule has 1 aromatic rings. The summed E-state index contributed by atoms with van der Waals surface area (Å²) in [6.45, 7) is 3.10. The minimum atomic E-state index is -4.53. The van der Waals surface area contributed by atoms with Gasteiger partial charge in [0.15, 0.2) is 0 Å². The van der Waals surface area contributed by atoms with Crippen LogP contribution < -0.4 is 5.32 Å². The van der Waals surface area contributed by atoms with Gasteiger partial charge in [0, 0.05) is 6.54 Å². The molecular weight excluding hydrogens is 295 g/mol. The zero-order chi connectivity index (χ0) is 15.6. The highest BCUT2D eigenvalue weighted by Gasteiger charge is 2.35. The molecule has 0 aliphatic heterocycles. The fourth-order valence-electron chi connectivity index (χ4n) is 1.60. The van der Waals surface area contributed by atoms with Crippen molar-refractivity contribution in [2.45, 2.75) is 20.0 Å². The standard InChI is InChI=1S/C13H15ClF3NO2/c1-12(2,11(19)20-3)7-18-10-8(13(15,16)17)5-4-6-9(10)14/h4-6,18H,7H2,1-3H3. The third-order valence-corrected chi connectivity index (χ3v) is 3.08. The Hall–Kier alpha value is -1.43. The van der Waals surface area contributed by atoms with E-state index in [0.29, 0.717) is 0 Å². The summed E-state index contributed by atoms with van der Waals surface area (Å²) in [5.41, 5.74) is -2.08. The predicted octanol–water partition coefficient (Wildman–Crippen LogP) is 3.97. The van der Waals surface area contributed by atoms with E-state index in [9.17, 15) is 18.0 Å². The molecule has 20 heavy (non-hydrogen) atoms. The second-order valence-corrected chi connectivity index (χ2v) is 5.30. The van der Waals surface area contributed by atoms with Crippen molar-refractivity contribution >= 4 is 23.3 Å². The minimum Gasteiger partial charge on any atom is -0.469 e. The highest BCUT2D eigenvalue weighted by atomic mass is 35.5. The van der Waals surface area contributed by atoms with Crippen LogP contribution in [0.3, 0.4) is 0 Å². The van der Waals surface area contributed by atoms with E-state index in [1.54, 1.807) is 13.8 Å². The van der Waals surface area contributed by atoms with Crippen LogP contribution in [0.15, 0.2) is 18.2 Å². The molecular formula is C13H15ClF3NO2. The number of anilines is 1. The fraction of sp³-hybridized carbons (Fsp3) is 0.462. The Labute approximate surface area is 120 Å².